The Kier molecular flexibility index (Phi) is 5.16. The third kappa shape index (κ3) is 3.92. The zero-order valence-electron chi connectivity index (χ0n) is 17.6. The molecule has 5 rings (SSSR count). The normalized spacial score (nSPS) is 18.0. The zero-order valence-corrected chi connectivity index (χ0v) is 17.6. The van der Waals surface area contributed by atoms with Crippen LogP contribution in [0.4, 0.5) is 24.8 Å². The Morgan fingerprint density at radius 2 is 1.82 bits per heavy atom. The molecule has 0 unspecified atom stereocenters. The number of halogens is 3. The van der Waals surface area contributed by atoms with Crippen molar-refractivity contribution < 1.29 is 18.0 Å². The van der Waals surface area contributed by atoms with Gasteiger partial charge in [-0.05, 0) is 37.1 Å². The van der Waals surface area contributed by atoms with Crippen LogP contribution in [0.1, 0.15) is 34.8 Å². The van der Waals surface area contributed by atoms with Gasteiger partial charge in [-0.2, -0.15) is 18.3 Å². The van der Waals surface area contributed by atoms with E-state index in [0.29, 0.717) is 22.3 Å². The summed E-state index contributed by atoms with van der Waals surface area (Å²) in [6.45, 7) is 0. The Morgan fingerprint density at radius 1 is 1.09 bits per heavy atom. The third-order valence-electron chi connectivity index (χ3n) is 5.76. The van der Waals surface area contributed by atoms with Gasteiger partial charge in [-0.25, -0.2) is 19.6 Å². The molecule has 0 bridgehead atoms. The molecule has 4 aromatic rings. The number of nitrogen functional groups attached to an aromatic ring is 1. The van der Waals surface area contributed by atoms with Crippen molar-refractivity contribution in [3.05, 3.63) is 60.0 Å². The van der Waals surface area contributed by atoms with Gasteiger partial charge >= 0.3 is 6.18 Å². The van der Waals surface area contributed by atoms with Crippen LogP contribution in [0.25, 0.3) is 22.3 Å². The lowest BCUT2D eigenvalue weighted by atomic mass is 9.88. The highest BCUT2D eigenvalue weighted by molar-refractivity contribution is 6.04. The number of carbonyl (C=O) groups is 1. The number of anilines is 2. The Morgan fingerprint density at radius 3 is 2.50 bits per heavy atom. The number of aromatic nitrogens is 5. The quantitative estimate of drug-likeness (QED) is 0.417. The predicted molar refractivity (Wildman–Crippen MR) is 119 cm³/mol. The molecule has 1 fully saturated rings. The molecule has 1 saturated carbocycles. The standard InChI is InChI=1S/C22H19F3N8O/c23-22(24,25)13-5-6-28-16(7-13)31-21(34)12-3-1-11(2-4-12)18-17-19(27)29-10-30-20(17)33(32-18)15-8-14(26)9-15/h1-7,10,14-15H,8-9,26H2,(H2,27,29,30)(H,28,31,34). The van der Waals surface area contributed by atoms with E-state index in [2.05, 4.69) is 20.3 Å². The maximum absolute atomic E-state index is 12.9. The first kappa shape index (κ1) is 21.8. The molecule has 12 heteroatoms. The van der Waals surface area contributed by atoms with Gasteiger partial charge in [-0.1, -0.05) is 12.1 Å². The monoisotopic (exact) mass is 468 g/mol. The summed E-state index contributed by atoms with van der Waals surface area (Å²) in [5.74, 6) is -0.510. The summed E-state index contributed by atoms with van der Waals surface area (Å²) >= 11 is 0. The molecule has 0 atom stereocenters. The zero-order chi connectivity index (χ0) is 24.0. The Labute approximate surface area is 191 Å². The Balaban J connectivity index is 1.42. The molecule has 0 spiro atoms. The minimum atomic E-state index is -4.54. The summed E-state index contributed by atoms with van der Waals surface area (Å²) in [5.41, 5.74) is 13.2. The van der Waals surface area contributed by atoms with E-state index in [-0.39, 0.29) is 29.3 Å². The second kappa shape index (κ2) is 8.06. The van der Waals surface area contributed by atoms with Crippen LogP contribution >= 0.6 is 0 Å². The van der Waals surface area contributed by atoms with Crippen LogP contribution in [0, 0.1) is 0 Å². The van der Waals surface area contributed by atoms with Gasteiger partial charge in [0, 0.05) is 23.4 Å². The van der Waals surface area contributed by atoms with Crippen molar-refractivity contribution in [1.29, 1.82) is 0 Å². The van der Waals surface area contributed by atoms with Gasteiger partial charge < -0.3 is 16.8 Å². The number of carbonyl (C=O) groups excluding carboxylic acids is 1. The molecule has 3 aromatic heterocycles. The molecule has 0 aliphatic heterocycles. The number of nitrogens with zero attached hydrogens (tertiary/aromatic N) is 5. The van der Waals surface area contributed by atoms with E-state index in [1.54, 1.807) is 24.3 Å². The average molecular weight is 468 g/mol. The number of hydrogen-bond donors (Lipinski definition) is 3. The molecule has 1 aromatic carbocycles. The van der Waals surface area contributed by atoms with E-state index in [0.717, 1.165) is 31.2 Å². The maximum Gasteiger partial charge on any atom is 0.416 e. The first-order valence-electron chi connectivity index (χ1n) is 10.4. The van der Waals surface area contributed by atoms with Gasteiger partial charge in [0.15, 0.2) is 5.65 Å². The minimum Gasteiger partial charge on any atom is -0.383 e. The molecule has 174 valence electrons. The number of pyridine rings is 1. The van der Waals surface area contributed by atoms with Crippen molar-refractivity contribution in [3.8, 4) is 11.3 Å². The molecular weight excluding hydrogens is 449 g/mol. The van der Waals surface area contributed by atoms with Gasteiger partial charge in [-0.3, -0.25) is 4.79 Å². The lowest BCUT2D eigenvalue weighted by Gasteiger charge is -2.32. The van der Waals surface area contributed by atoms with Crippen LogP contribution in [0.2, 0.25) is 0 Å². The van der Waals surface area contributed by atoms with E-state index in [9.17, 15) is 18.0 Å². The Hall–Kier alpha value is -4.06. The van der Waals surface area contributed by atoms with Gasteiger partial charge in [-0.15, -0.1) is 0 Å². The number of fused-ring (bicyclic) bond motifs is 1. The van der Waals surface area contributed by atoms with E-state index in [1.807, 2.05) is 4.68 Å². The summed E-state index contributed by atoms with van der Waals surface area (Å²) in [6.07, 6.45) is -0.601. The SMILES string of the molecule is Nc1ncnc2c1c(-c1ccc(C(=O)Nc3cc(C(F)(F)F)ccn3)cc1)nn2C1CC(N)C1. The molecule has 5 N–H and O–H groups in total. The first-order valence-corrected chi connectivity index (χ1v) is 10.4. The third-order valence-corrected chi connectivity index (χ3v) is 5.76. The summed E-state index contributed by atoms with van der Waals surface area (Å²) in [4.78, 5) is 24.8. The number of alkyl halides is 3. The maximum atomic E-state index is 12.9. The highest BCUT2D eigenvalue weighted by Crippen LogP contribution is 2.37. The van der Waals surface area contributed by atoms with Gasteiger partial charge in [0.1, 0.15) is 23.7 Å². The highest BCUT2D eigenvalue weighted by Gasteiger charge is 2.32. The molecule has 1 amide bonds. The smallest absolute Gasteiger partial charge is 0.383 e. The van der Waals surface area contributed by atoms with Crippen LogP contribution in [0.15, 0.2) is 48.9 Å². The van der Waals surface area contributed by atoms with Crippen LogP contribution in [-0.4, -0.2) is 36.7 Å². The van der Waals surface area contributed by atoms with E-state index in [1.165, 1.54) is 6.33 Å². The molecule has 3 heterocycles. The second-order valence-corrected chi connectivity index (χ2v) is 8.09. The van der Waals surface area contributed by atoms with Crippen LogP contribution in [0.3, 0.4) is 0 Å². The fraction of sp³-hybridized carbons (Fsp3) is 0.227. The van der Waals surface area contributed by atoms with Crippen molar-refractivity contribution in [2.24, 2.45) is 5.73 Å². The number of benzene rings is 1. The fourth-order valence-electron chi connectivity index (χ4n) is 3.92. The van der Waals surface area contributed by atoms with Crippen LogP contribution in [0.5, 0.6) is 0 Å². The van der Waals surface area contributed by atoms with Gasteiger partial charge in [0.05, 0.1) is 17.0 Å². The summed E-state index contributed by atoms with van der Waals surface area (Å²) in [6, 6.07) is 8.30. The lowest BCUT2D eigenvalue weighted by molar-refractivity contribution is -0.137. The van der Waals surface area contributed by atoms with E-state index < -0.39 is 17.6 Å². The van der Waals surface area contributed by atoms with Gasteiger partial charge in [0.25, 0.3) is 5.91 Å². The molecule has 0 saturated heterocycles. The van der Waals surface area contributed by atoms with Crippen LogP contribution < -0.4 is 16.8 Å². The molecular formula is C22H19F3N8O. The number of nitrogens with one attached hydrogen (secondary N) is 1. The van der Waals surface area contributed by atoms with Crippen molar-refractivity contribution in [2.75, 3.05) is 11.1 Å². The number of amides is 1. The molecule has 0 radical (unpaired) electrons. The fourth-order valence-corrected chi connectivity index (χ4v) is 3.92. The van der Waals surface area contributed by atoms with Gasteiger partial charge in [0.2, 0.25) is 0 Å². The molecule has 34 heavy (non-hydrogen) atoms. The minimum absolute atomic E-state index is 0.116. The summed E-state index contributed by atoms with van der Waals surface area (Å²) in [7, 11) is 0. The summed E-state index contributed by atoms with van der Waals surface area (Å²) < 4.78 is 40.5. The summed E-state index contributed by atoms with van der Waals surface area (Å²) in [5, 5.41) is 7.70. The van der Waals surface area contributed by atoms with Crippen molar-refractivity contribution in [1.82, 2.24) is 24.7 Å². The average Bonchev–Trinajstić information content (AvgIpc) is 3.17. The lowest BCUT2D eigenvalue weighted by Crippen LogP contribution is -2.38. The number of nitrogens with two attached hydrogens (primary N) is 2. The van der Waals surface area contributed by atoms with Crippen molar-refractivity contribution in [3.63, 3.8) is 0 Å². The molecule has 1 aliphatic carbocycles. The molecule has 9 nitrogen and oxygen atoms in total. The molecule has 1 aliphatic rings. The Bertz CT molecular complexity index is 1380. The van der Waals surface area contributed by atoms with E-state index >= 15 is 0 Å². The van der Waals surface area contributed by atoms with Crippen molar-refractivity contribution >= 4 is 28.6 Å². The number of rotatable bonds is 4. The van der Waals surface area contributed by atoms with E-state index in [4.69, 9.17) is 16.6 Å². The first-order chi connectivity index (χ1) is 16.2. The van der Waals surface area contributed by atoms with Crippen LogP contribution in [-0.2, 0) is 6.18 Å². The van der Waals surface area contributed by atoms with Crippen molar-refractivity contribution in [2.45, 2.75) is 31.1 Å². The predicted octanol–water partition coefficient (Wildman–Crippen LogP) is 3.40. The number of hydrogen-bond acceptors (Lipinski definition) is 7. The second-order valence-electron chi connectivity index (χ2n) is 8.09. The highest BCUT2D eigenvalue weighted by atomic mass is 19.4. The largest absolute Gasteiger partial charge is 0.416 e. The topological polar surface area (TPSA) is 138 Å².